The molecule has 1 rings (SSSR count). The molecule has 0 radical (unpaired) electrons. The van der Waals surface area contributed by atoms with E-state index in [1.165, 1.54) is 11.1 Å². The van der Waals surface area contributed by atoms with Gasteiger partial charge in [-0.15, -0.1) is 0 Å². The van der Waals surface area contributed by atoms with Gasteiger partial charge in [0.1, 0.15) is 0 Å². The number of carbonyl (C=O) groups excluding carboxylic acids is 1. The molecule has 0 saturated carbocycles. The van der Waals surface area contributed by atoms with Crippen molar-refractivity contribution in [3.05, 3.63) is 35.4 Å². The van der Waals surface area contributed by atoms with Crippen LogP contribution in [0.1, 0.15) is 37.4 Å². The Kier molecular flexibility index (Phi) is 7.26. The maximum Gasteiger partial charge on any atom is 0.236 e. The van der Waals surface area contributed by atoms with E-state index in [0.29, 0.717) is 13.2 Å². The molecule has 1 aromatic carbocycles. The number of nitrogens with one attached hydrogen (secondary N) is 2. The summed E-state index contributed by atoms with van der Waals surface area (Å²) in [5.74, 6) is 0.0292. The maximum atomic E-state index is 11.9. The second-order valence-electron chi connectivity index (χ2n) is 5.10. The Labute approximate surface area is 121 Å². The third-order valence-corrected chi connectivity index (χ3v) is 3.37. The lowest BCUT2D eigenvalue weighted by molar-refractivity contribution is -0.122. The molecule has 4 nitrogen and oxygen atoms in total. The highest BCUT2D eigenvalue weighted by Crippen LogP contribution is 2.17. The van der Waals surface area contributed by atoms with Crippen molar-refractivity contribution in [2.75, 3.05) is 20.3 Å². The zero-order valence-corrected chi connectivity index (χ0v) is 12.9. The first-order valence-electron chi connectivity index (χ1n) is 7.14. The number of hydrogen-bond acceptors (Lipinski definition) is 3. The number of hydrogen-bond donors (Lipinski definition) is 2. The second kappa shape index (κ2) is 8.72. The summed E-state index contributed by atoms with van der Waals surface area (Å²) in [6.45, 7) is 7.37. The third kappa shape index (κ3) is 5.31. The topological polar surface area (TPSA) is 50.4 Å². The summed E-state index contributed by atoms with van der Waals surface area (Å²) in [5, 5.41) is 6.24. The van der Waals surface area contributed by atoms with Gasteiger partial charge in [0, 0.05) is 26.3 Å². The first-order valence-corrected chi connectivity index (χ1v) is 7.14. The minimum Gasteiger partial charge on any atom is -0.385 e. The molecule has 0 fully saturated rings. The zero-order chi connectivity index (χ0) is 15.0. The number of ether oxygens (including phenoxy) is 1. The largest absolute Gasteiger partial charge is 0.385 e. The summed E-state index contributed by atoms with van der Waals surface area (Å²) >= 11 is 0. The average molecular weight is 278 g/mol. The predicted octanol–water partition coefficient (Wildman–Crippen LogP) is 2.19. The lowest BCUT2D eigenvalue weighted by Crippen LogP contribution is -2.43. The van der Waals surface area contributed by atoms with E-state index >= 15 is 0 Å². The summed E-state index contributed by atoms with van der Waals surface area (Å²) in [6.07, 6.45) is 0.836. The Morgan fingerprint density at radius 2 is 2.00 bits per heavy atom. The molecule has 0 saturated heterocycles. The molecule has 0 heterocycles. The molecule has 0 aliphatic carbocycles. The van der Waals surface area contributed by atoms with Crippen molar-refractivity contribution in [1.82, 2.24) is 10.6 Å². The van der Waals surface area contributed by atoms with Crippen LogP contribution in [-0.2, 0) is 9.53 Å². The molecule has 2 atom stereocenters. The first-order chi connectivity index (χ1) is 9.56. The fourth-order valence-corrected chi connectivity index (χ4v) is 2.19. The first kappa shape index (κ1) is 16.7. The molecule has 0 aromatic heterocycles. The van der Waals surface area contributed by atoms with Crippen molar-refractivity contribution < 1.29 is 9.53 Å². The van der Waals surface area contributed by atoms with Crippen LogP contribution in [0, 0.1) is 6.92 Å². The maximum absolute atomic E-state index is 11.9. The summed E-state index contributed by atoms with van der Waals surface area (Å²) in [5.41, 5.74) is 2.46. The molecule has 0 aliphatic heterocycles. The van der Waals surface area contributed by atoms with Gasteiger partial charge in [0.15, 0.2) is 0 Å². The summed E-state index contributed by atoms with van der Waals surface area (Å²) in [7, 11) is 1.66. The van der Waals surface area contributed by atoms with E-state index in [-0.39, 0.29) is 18.0 Å². The van der Waals surface area contributed by atoms with E-state index in [2.05, 4.69) is 36.6 Å². The normalized spacial score (nSPS) is 13.8. The van der Waals surface area contributed by atoms with E-state index in [1.54, 1.807) is 7.11 Å². The van der Waals surface area contributed by atoms with E-state index < -0.39 is 0 Å². The quantitative estimate of drug-likeness (QED) is 0.717. The van der Waals surface area contributed by atoms with Gasteiger partial charge < -0.3 is 10.1 Å². The van der Waals surface area contributed by atoms with Crippen molar-refractivity contribution in [2.45, 2.75) is 39.3 Å². The molecule has 0 bridgehead atoms. The number of benzene rings is 1. The highest BCUT2D eigenvalue weighted by atomic mass is 16.5. The lowest BCUT2D eigenvalue weighted by atomic mass is 10.0. The summed E-state index contributed by atoms with van der Waals surface area (Å²) < 4.78 is 4.95. The number of carbonyl (C=O) groups is 1. The van der Waals surface area contributed by atoms with Gasteiger partial charge in [0.2, 0.25) is 5.91 Å². The molecular weight excluding hydrogens is 252 g/mol. The molecule has 0 aliphatic rings. The van der Waals surface area contributed by atoms with E-state index in [4.69, 9.17) is 4.74 Å². The van der Waals surface area contributed by atoms with Gasteiger partial charge in [-0.2, -0.15) is 0 Å². The Hall–Kier alpha value is -1.39. The summed E-state index contributed by atoms with van der Waals surface area (Å²) in [6, 6.07) is 8.16. The van der Waals surface area contributed by atoms with Crippen LogP contribution in [0.5, 0.6) is 0 Å². The standard InChI is InChI=1S/C16H26N2O2/c1-12-8-5-6-9-15(12)13(2)18-14(3)16(19)17-10-7-11-20-4/h5-6,8-9,13-14,18H,7,10-11H2,1-4H3,(H,17,19). The molecule has 112 valence electrons. The minimum atomic E-state index is -0.216. The number of aryl methyl sites for hydroxylation is 1. The van der Waals surface area contributed by atoms with Crippen LogP contribution < -0.4 is 10.6 Å². The van der Waals surface area contributed by atoms with Crippen molar-refractivity contribution in [1.29, 1.82) is 0 Å². The van der Waals surface area contributed by atoms with Crippen molar-refractivity contribution in [2.24, 2.45) is 0 Å². The molecule has 20 heavy (non-hydrogen) atoms. The minimum absolute atomic E-state index is 0.0292. The van der Waals surface area contributed by atoms with Crippen molar-refractivity contribution in [3.63, 3.8) is 0 Å². The molecule has 2 unspecified atom stereocenters. The van der Waals surface area contributed by atoms with Crippen LogP contribution in [0.2, 0.25) is 0 Å². The number of methoxy groups -OCH3 is 1. The van der Waals surface area contributed by atoms with Crippen LogP contribution >= 0.6 is 0 Å². The highest BCUT2D eigenvalue weighted by Gasteiger charge is 2.16. The Bertz CT molecular complexity index is 421. The fraction of sp³-hybridized carbons (Fsp3) is 0.562. The van der Waals surface area contributed by atoms with Crippen LogP contribution in [0.15, 0.2) is 24.3 Å². The van der Waals surface area contributed by atoms with Crippen LogP contribution in [-0.4, -0.2) is 32.2 Å². The molecule has 2 N–H and O–H groups in total. The van der Waals surface area contributed by atoms with E-state index in [1.807, 2.05) is 19.1 Å². The Morgan fingerprint density at radius 1 is 1.30 bits per heavy atom. The van der Waals surface area contributed by atoms with E-state index in [9.17, 15) is 4.79 Å². The molecule has 4 heteroatoms. The second-order valence-corrected chi connectivity index (χ2v) is 5.10. The molecule has 1 amide bonds. The SMILES string of the molecule is COCCCNC(=O)C(C)NC(C)c1ccccc1C. The molecule has 1 aromatic rings. The van der Waals surface area contributed by atoms with Gasteiger partial charge in [-0.3, -0.25) is 10.1 Å². The highest BCUT2D eigenvalue weighted by molar-refractivity contribution is 5.81. The van der Waals surface area contributed by atoms with Crippen molar-refractivity contribution >= 4 is 5.91 Å². The Balaban J connectivity index is 2.43. The van der Waals surface area contributed by atoms with Gasteiger partial charge in [0.05, 0.1) is 6.04 Å². The van der Waals surface area contributed by atoms with Gasteiger partial charge in [-0.05, 0) is 38.3 Å². The molecule has 0 spiro atoms. The molecular formula is C16H26N2O2. The van der Waals surface area contributed by atoms with Gasteiger partial charge >= 0.3 is 0 Å². The summed E-state index contributed by atoms with van der Waals surface area (Å²) in [4.78, 5) is 11.9. The zero-order valence-electron chi connectivity index (χ0n) is 12.9. The monoisotopic (exact) mass is 278 g/mol. The van der Waals surface area contributed by atoms with Gasteiger partial charge in [-0.25, -0.2) is 0 Å². The predicted molar refractivity (Wildman–Crippen MR) is 81.7 cm³/mol. The van der Waals surface area contributed by atoms with Crippen molar-refractivity contribution in [3.8, 4) is 0 Å². The van der Waals surface area contributed by atoms with Gasteiger partial charge in [0.25, 0.3) is 0 Å². The number of rotatable bonds is 8. The van der Waals surface area contributed by atoms with E-state index in [0.717, 1.165) is 6.42 Å². The Morgan fingerprint density at radius 3 is 2.65 bits per heavy atom. The van der Waals surface area contributed by atoms with Gasteiger partial charge in [-0.1, -0.05) is 24.3 Å². The third-order valence-electron chi connectivity index (χ3n) is 3.37. The average Bonchev–Trinajstić information content (AvgIpc) is 2.43. The smallest absolute Gasteiger partial charge is 0.236 e. The van der Waals surface area contributed by atoms with Crippen LogP contribution in [0.4, 0.5) is 0 Å². The number of amides is 1. The fourth-order valence-electron chi connectivity index (χ4n) is 2.19. The lowest BCUT2D eigenvalue weighted by Gasteiger charge is -2.21. The van der Waals surface area contributed by atoms with Crippen LogP contribution in [0.25, 0.3) is 0 Å². The van der Waals surface area contributed by atoms with Crippen LogP contribution in [0.3, 0.4) is 0 Å².